The Morgan fingerprint density at radius 3 is 2.50 bits per heavy atom. The van der Waals surface area contributed by atoms with Crippen LogP contribution in [-0.2, 0) is 0 Å². The van der Waals surface area contributed by atoms with Gasteiger partial charge in [0.25, 0.3) is 5.91 Å². The first-order valence-corrected chi connectivity index (χ1v) is 9.01. The minimum Gasteiger partial charge on any atom is -0.405 e. The molecule has 28 heavy (non-hydrogen) atoms. The summed E-state index contributed by atoms with van der Waals surface area (Å²) in [5.74, 6) is -2.45. The van der Waals surface area contributed by atoms with Gasteiger partial charge in [0.1, 0.15) is 6.04 Å². The number of benzene rings is 2. The molecule has 2 aromatic carbocycles. The van der Waals surface area contributed by atoms with Crippen molar-refractivity contribution in [2.24, 2.45) is 0 Å². The number of nitrogens with zero attached hydrogens (tertiary/aromatic N) is 3. The van der Waals surface area contributed by atoms with Gasteiger partial charge in [0, 0.05) is 18.7 Å². The first-order chi connectivity index (χ1) is 13.6. The van der Waals surface area contributed by atoms with E-state index in [-0.39, 0.29) is 11.5 Å². The number of hydrogen-bond acceptors (Lipinski definition) is 5. The van der Waals surface area contributed by atoms with Crippen molar-refractivity contribution in [3.63, 3.8) is 0 Å². The Balaban J connectivity index is 1.62. The van der Waals surface area contributed by atoms with Crippen LogP contribution in [0.25, 0.3) is 0 Å². The lowest BCUT2D eigenvalue weighted by Crippen LogP contribution is -2.29. The number of nitrogens with one attached hydrogen (secondary N) is 1. The van der Waals surface area contributed by atoms with Crippen LogP contribution in [0.1, 0.15) is 40.7 Å². The first kappa shape index (κ1) is 18.1. The van der Waals surface area contributed by atoms with Crippen LogP contribution in [0.3, 0.4) is 0 Å². The molecule has 1 aliphatic rings. The van der Waals surface area contributed by atoms with Gasteiger partial charge in [0.15, 0.2) is 11.6 Å². The SMILES string of the molecule is O=C(N[C@H](c1ccccc1)c1nnc(N2CCCC2)o1)c1ccc(F)c(F)c1. The number of carbonyl (C=O) groups excluding carboxylic acids is 1. The van der Waals surface area contributed by atoms with Gasteiger partial charge >= 0.3 is 6.01 Å². The van der Waals surface area contributed by atoms with Crippen LogP contribution in [0.15, 0.2) is 52.9 Å². The van der Waals surface area contributed by atoms with Crippen molar-refractivity contribution < 1.29 is 18.0 Å². The normalized spacial score (nSPS) is 14.9. The summed E-state index contributed by atoms with van der Waals surface area (Å²) in [5, 5.41) is 11.0. The Labute approximate surface area is 160 Å². The second-order valence-corrected chi connectivity index (χ2v) is 6.56. The molecular weight excluding hydrogens is 366 g/mol. The fraction of sp³-hybridized carbons (Fsp3) is 0.250. The molecule has 0 aliphatic carbocycles. The van der Waals surface area contributed by atoms with Crippen LogP contribution in [-0.4, -0.2) is 29.2 Å². The molecule has 1 aliphatic heterocycles. The number of amides is 1. The third-order valence-electron chi connectivity index (χ3n) is 4.64. The van der Waals surface area contributed by atoms with Crippen LogP contribution in [0, 0.1) is 11.6 Å². The van der Waals surface area contributed by atoms with E-state index in [0.717, 1.165) is 43.6 Å². The summed E-state index contributed by atoms with van der Waals surface area (Å²) in [7, 11) is 0. The Hall–Kier alpha value is -3.29. The van der Waals surface area contributed by atoms with Gasteiger partial charge in [-0.3, -0.25) is 4.79 Å². The molecule has 0 unspecified atom stereocenters. The molecule has 0 spiro atoms. The lowest BCUT2D eigenvalue weighted by Gasteiger charge is -2.16. The quantitative estimate of drug-likeness (QED) is 0.729. The number of carbonyl (C=O) groups is 1. The summed E-state index contributed by atoms with van der Waals surface area (Å²) in [6.45, 7) is 1.69. The molecule has 1 saturated heterocycles. The molecule has 0 saturated carbocycles. The summed E-state index contributed by atoms with van der Waals surface area (Å²) in [5.41, 5.74) is 0.731. The van der Waals surface area contributed by atoms with E-state index in [1.807, 2.05) is 35.2 Å². The average Bonchev–Trinajstić information content (AvgIpc) is 3.40. The van der Waals surface area contributed by atoms with Crippen LogP contribution < -0.4 is 10.2 Å². The van der Waals surface area contributed by atoms with Gasteiger partial charge < -0.3 is 14.6 Å². The number of rotatable bonds is 5. The molecule has 1 atom stereocenters. The van der Waals surface area contributed by atoms with Crippen molar-refractivity contribution in [2.75, 3.05) is 18.0 Å². The summed E-state index contributed by atoms with van der Waals surface area (Å²) in [4.78, 5) is 14.6. The second-order valence-electron chi connectivity index (χ2n) is 6.56. The minimum atomic E-state index is -1.09. The molecule has 0 bridgehead atoms. The van der Waals surface area contributed by atoms with Gasteiger partial charge in [-0.05, 0) is 36.6 Å². The van der Waals surface area contributed by atoms with E-state index in [4.69, 9.17) is 4.42 Å². The lowest BCUT2D eigenvalue weighted by atomic mass is 10.1. The third kappa shape index (κ3) is 3.71. The maximum absolute atomic E-state index is 13.5. The van der Waals surface area contributed by atoms with Gasteiger partial charge in [-0.25, -0.2) is 8.78 Å². The molecule has 1 fully saturated rings. The fourth-order valence-corrected chi connectivity index (χ4v) is 3.16. The third-order valence-corrected chi connectivity index (χ3v) is 4.64. The molecule has 8 heteroatoms. The topological polar surface area (TPSA) is 71.3 Å². The number of hydrogen-bond donors (Lipinski definition) is 1. The zero-order valence-corrected chi connectivity index (χ0v) is 14.9. The summed E-state index contributed by atoms with van der Waals surface area (Å²) < 4.78 is 32.5. The fourth-order valence-electron chi connectivity index (χ4n) is 3.16. The molecule has 1 amide bonds. The minimum absolute atomic E-state index is 0.000821. The smallest absolute Gasteiger partial charge is 0.318 e. The zero-order valence-electron chi connectivity index (χ0n) is 14.9. The maximum atomic E-state index is 13.5. The van der Waals surface area contributed by atoms with E-state index in [1.54, 1.807) is 0 Å². The second kappa shape index (κ2) is 7.75. The molecular formula is C20H18F2N4O2. The van der Waals surface area contributed by atoms with E-state index in [1.165, 1.54) is 6.07 Å². The van der Waals surface area contributed by atoms with Gasteiger partial charge in [-0.1, -0.05) is 35.4 Å². The zero-order chi connectivity index (χ0) is 19.5. The largest absolute Gasteiger partial charge is 0.405 e. The van der Waals surface area contributed by atoms with Gasteiger partial charge in [0.05, 0.1) is 0 Å². The Bertz CT molecular complexity index is 971. The van der Waals surface area contributed by atoms with Crippen LogP contribution >= 0.6 is 0 Å². The highest BCUT2D eigenvalue weighted by atomic mass is 19.2. The van der Waals surface area contributed by atoms with Gasteiger partial charge in [-0.2, -0.15) is 0 Å². The first-order valence-electron chi connectivity index (χ1n) is 9.01. The highest BCUT2D eigenvalue weighted by Gasteiger charge is 2.26. The van der Waals surface area contributed by atoms with Crippen molar-refractivity contribution in [2.45, 2.75) is 18.9 Å². The van der Waals surface area contributed by atoms with E-state index in [0.29, 0.717) is 6.01 Å². The van der Waals surface area contributed by atoms with E-state index in [2.05, 4.69) is 15.5 Å². The molecule has 144 valence electrons. The Morgan fingerprint density at radius 2 is 1.79 bits per heavy atom. The molecule has 0 radical (unpaired) electrons. The van der Waals surface area contributed by atoms with Gasteiger partial charge in [-0.15, -0.1) is 5.10 Å². The monoisotopic (exact) mass is 384 g/mol. The Kier molecular flexibility index (Phi) is 5.01. The maximum Gasteiger partial charge on any atom is 0.318 e. The van der Waals surface area contributed by atoms with Crippen molar-refractivity contribution in [3.8, 4) is 0 Å². The van der Waals surface area contributed by atoms with Crippen LogP contribution in [0.2, 0.25) is 0 Å². The molecule has 4 rings (SSSR count). The standard InChI is InChI=1S/C20H18F2N4O2/c21-15-9-8-14(12-16(15)22)18(27)23-17(13-6-2-1-3-7-13)19-24-25-20(28-19)26-10-4-5-11-26/h1-3,6-9,12,17H,4-5,10-11H2,(H,23,27)/t17-/m1/s1. The van der Waals surface area contributed by atoms with E-state index < -0.39 is 23.6 Å². The molecule has 6 nitrogen and oxygen atoms in total. The van der Waals surface area contributed by atoms with Gasteiger partial charge in [0.2, 0.25) is 5.89 Å². The van der Waals surface area contributed by atoms with Crippen molar-refractivity contribution >= 4 is 11.9 Å². The summed E-state index contributed by atoms with van der Waals surface area (Å²) in [6.07, 6.45) is 2.12. The Morgan fingerprint density at radius 1 is 1.04 bits per heavy atom. The number of halogens is 2. The van der Waals surface area contributed by atoms with Crippen molar-refractivity contribution in [3.05, 3.63) is 77.2 Å². The van der Waals surface area contributed by atoms with Crippen molar-refractivity contribution in [1.29, 1.82) is 0 Å². The van der Waals surface area contributed by atoms with E-state index in [9.17, 15) is 13.6 Å². The molecule has 1 N–H and O–H groups in total. The predicted octanol–water partition coefficient (Wildman–Crippen LogP) is 3.47. The highest BCUT2D eigenvalue weighted by Crippen LogP contribution is 2.26. The average molecular weight is 384 g/mol. The lowest BCUT2D eigenvalue weighted by molar-refractivity contribution is 0.0937. The predicted molar refractivity (Wildman–Crippen MR) is 97.9 cm³/mol. The molecule has 3 aromatic rings. The van der Waals surface area contributed by atoms with Crippen molar-refractivity contribution in [1.82, 2.24) is 15.5 Å². The molecule has 1 aromatic heterocycles. The number of aromatic nitrogens is 2. The van der Waals surface area contributed by atoms with Crippen LogP contribution in [0.5, 0.6) is 0 Å². The number of anilines is 1. The summed E-state index contributed by atoms with van der Waals surface area (Å²) in [6, 6.07) is 11.8. The summed E-state index contributed by atoms with van der Waals surface area (Å²) >= 11 is 0. The molecule has 2 heterocycles. The highest BCUT2D eigenvalue weighted by molar-refractivity contribution is 5.94. The van der Waals surface area contributed by atoms with Crippen LogP contribution in [0.4, 0.5) is 14.8 Å². The van der Waals surface area contributed by atoms with E-state index >= 15 is 0 Å².